The molecular weight excluding hydrogens is 232 g/mol. The first-order chi connectivity index (χ1) is 6.52. The molecule has 2 rings (SSSR count). The van der Waals surface area contributed by atoms with Crippen molar-refractivity contribution in [3.63, 3.8) is 0 Å². The molecule has 0 amide bonds. The Balaban J connectivity index is 0.00000112. The number of fused-ring (bicyclic) bond motifs is 1. The Kier molecular flexibility index (Phi) is 3.81. The number of benzene rings is 1. The molecule has 3 radical (unpaired) electrons. The summed E-state index contributed by atoms with van der Waals surface area (Å²) in [4.78, 5) is 0. The maximum atomic E-state index is 3.81. The van der Waals surface area contributed by atoms with Crippen molar-refractivity contribution in [1.82, 2.24) is 0 Å². The van der Waals surface area contributed by atoms with Crippen molar-refractivity contribution in [1.29, 1.82) is 0 Å². The van der Waals surface area contributed by atoms with Gasteiger partial charge in [0.05, 0.1) is 0 Å². The molecule has 75 valence electrons. The van der Waals surface area contributed by atoms with Gasteiger partial charge in [0.1, 0.15) is 0 Å². The molecule has 1 unspecified atom stereocenters. The van der Waals surface area contributed by atoms with Crippen molar-refractivity contribution in [3.8, 4) is 0 Å². The van der Waals surface area contributed by atoms with Gasteiger partial charge in [-0.3, -0.25) is 0 Å². The monoisotopic (exact) mass is 247 g/mol. The Hall–Kier alpha value is -0.109. The molecule has 1 aromatic carbocycles. The fraction of sp³-hybridized carbons (Fsp3) is 0.385. The number of aryl methyl sites for hydroxylation is 2. The average Bonchev–Trinajstić information content (AvgIpc) is 2.31. The minimum atomic E-state index is 0. The first-order valence-electron chi connectivity index (χ1n) is 5.02. The van der Waals surface area contributed by atoms with Crippen LogP contribution in [0.15, 0.2) is 17.7 Å². The molecule has 15 heavy (non-hydrogen) atoms. The van der Waals surface area contributed by atoms with Crippen LogP contribution in [0.3, 0.4) is 0 Å². The fourth-order valence-electron chi connectivity index (χ4n) is 2.39. The van der Waals surface area contributed by atoms with Gasteiger partial charge in [0.25, 0.3) is 0 Å². The van der Waals surface area contributed by atoms with E-state index in [4.69, 9.17) is 0 Å². The van der Waals surface area contributed by atoms with E-state index in [0.717, 1.165) is 0 Å². The van der Waals surface area contributed by atoms with E-state index in [2.05, 4.69) is 50.1 Å². The summed E-state index contributed by atoms with van der Waals surface area (Å²) < 4.78 is 0. The third-order valence-electron chi connectivity index (χ3n) is 3.22. The summed E-state index contributed by atoms with van der Waals surface area (Å²) in [6.45, 7) is 8.79. The van der Waals surface area contributed by atoms with Crippen molar-refractivity contribution in [3.05, 3.63) is 40.0 Å². The molecule has 0 aromatic heterocycles. The Morgan fingerprint density at radius 3 is 2.27 bits per heavy atom. The molecule has 1 aliphatic rings. The van der Waals surface area contributed by atoms with Gasteiger partial charge in [0.15, 0.2) is 0 Å². The molecule has 0 heterocycles. The van der Waals surface area contributed by atoms with Crippen LogP contribution in [0.2, 0.25) is 0 Å². The second-order valence-corrected chi connectivity index (χ2v) is 4.86. The van der Waals surface area contributed by atoms with Crippen LogP contribution in [0.4, 0.5) is 0 Å². The summed E-state index contributed by atoms with van der Waals surface area (Å²) in [5.74, 6) is 0. The molecule has 1 aliphatic carbocycles. The van der Waals surface area contributed by atoms with Crippen molar-refractivity contribution in [2.75, 3.05) is 0 Å². The number of hydrogen-bond donors (Lipinski definition) is 0. The summed E-state index contributed by atoms with van der Waals surface area (Å²) in [6, 6.07) is 4.56. The van der Waals surface area contributed by atoms with Crippen molar-refractivity contribution < 1.29 is 21.7 Å². The fourth-order valence-corrected chi connectivity index (χ4v) is 2.83. The van der Waals surface area contributed by atoms with E-state index in [1.807, 2.05) is 0 Å². The minimum Gasteiger partial charge on any atom is -0.0658 e. The first-order valence-corrected chi connectivity index (χ1v) is 5.60. The SMILES string of the molecule is CC1=C(C)C([Si])c2cc(C)cc(C)c21.[Ti]. The zero-order valence-corrected chi connectivity index (χ0v) is 12.3. The molecule has 1 aromatic rings. The summed E-state index contributed by atoms with van der Waals surface area (Å²) >= 11 is 0. The second kappa shape index (κ2) is 4.41. The van der Waals surface area contributed by atoms with Crippen molar-refractivity contribution in [2.45, 2.75) is 33.2 Å². The topological polar surface area (TPSA) is 0 Å². The standard InChI is InChI=1S/C13H15Si.Ti/c1-7-5-8(2)12-9(3)10(4)13(14)11(12)6-7;/h5-6,13H,1-4H3;. The molecule has 0 aliphatic heterocycles. The minimum absolute atomic E-state index is 0. The van der Waals surface area contributed by atoms with Crippen LogP contribution in [-0.2, 0) is 21.7 Å². The van der Waals surface area contributed by atoms with E-state index in [-0.39, 0.29) is 21.7 Å². The van der Waals surface area contributed by atoms with Gasteiger partial charge in [-0.1, -0.05) is 23.3 Å². The summed E-state index contributed by atoms with van der Waals surface area (Å²) in [5, 5.41) is 0. The van der Waals surface area contributed by atoms with E-state index in [1.54, 1.807) is 0 Å². The van der Waals surface area contributed by atoms with E-state index >= 15 is 0 Å². The third-order valence-corrected chi connectivity index (χ3v) is 3.96. The predicted molar refractivity (Wildman–Crippen MR) is 62.7 cm³/mol. The number of rotatable bonds is 0. The summed E-state index contributed by atoms with van der Waals surface area (Å²) in [6.07, 6.45) is 0. The molecule has 0 saturated heterocycles. The van der Waals surface area contributed by atoms with Crippen LogP contribution >= 0.6 is 0 Å². The largest absolute Gasteiger partial charge is 0.0658 e. The number of allylic oxidation sites excluding steroid dienone is 2. The van der Waals surface area contributed by atoms with Crippen LogP contribution in [0.25, 0.3) is 5.57 Å². The zero-order valence-electron chi connectivity index (χ0n) is 9.73. The van der Waals surface area contributed by atoms with Gasteiger partial charge in [-0.05, 0) is 55.5 Å². The summed E-state index contributed by atoms with van der Waals surface area (Å²) in [5.41, 5.74) is 8.96. The van der Waals surface area contributed by atoms with Gasteiger partial charge in [-0.25, -0.2) is 0 Å². The molecule has 0 spiro atoms. The van der Waals surface area contributed by atoms with Gasteiger partial charge in [-0.2, -0.15) is 0 Å². The van der Waals surface area contributed by atoms with E-state index in [1.165, 1.54) is 33.4 Å². The maximum Gasteiger partial charge on any atom is 0.0392 e. The van der Waals surface area contributed by atoms with E-state index in [0.29, 0.717) is 5.54 Å². The number of hydrogen-bond acceptors (Lipinski definition) is 0. The first kappa shape index (κ1) is 13.0. The van der Waals surface area contributed by atoms with Crippen LogP contribution < -0.4 is 0 Å². The Morgan fingerprint density at radius 1 is 1.07 bits per heavy atom. The molecule has 0 N–H and O–H groups in total. The van der Waals surface area contributed by atoms with E-state index in [9.17, 15) is 0 Å². The molecule has 2 heteroatoms. The van der Waals surface area contributed by atoms with Crippen LogP contribution in [0.5, 0.6) is 0 Å². The zero-order chi connectivity index (χ0) is 10.5. The predicted octanol–water partition coefficient (Wildman–Crippen LogP) is 3.32. The van der Waals surface area contributed by atoms with Gasteiger partial charge in [-0.15, -0.1) is 0 Å². The van der Waals surface area contributed by atoms with E-state index < -0.39 is 0 Å². The van der Waals surface area contributed by atoms with Crippen LogP contribution in [0.1, 0.15) is 41.6 Å². The Bertz CT molecular complexity index is 432. The van der Waals surface area contributed by atoms with Crippen LogP contribution in [-0.4, -0.2) is 10.2 Å². The summed E-state index contributed by atoms with van der Waals surface area (Å²) in [7, 11) is 3.81. The molecule has 0 bridgehead atoms. The van der Waals surface area contributed by atoms with Crippen molar-refractivity contribution >= 4 is 15.8 Å². The van der Waals surface area contributed by atoms with Gasteiger partial charge in [0.2, 0.25) is 0 Å². The maximum absolute atomic E-state index is 3.81. The Labute approximate surface area is 110 Å². The Morgan fingerprint density at radius 2 is 1.67 bits per heavy atom. The van der Waals surface area contributed by atoms with Crippen molar-refractivity contribution in [2.24, 2.45) is 0 Å². The van der Waals surface area contributed by atoms with Gasteiger partial charge >= 0.3 is 0 Å². The smallest absolute Gasteiger partial charge is 0.0392 e. The molecule has 0 saturated carbocycles. The van der Waals surface area contributed by atoms with Crippen LogP contribution in [0, 0.1) is 13.8 Å². The molecule has 0 fully saturated rings. The molecule has 0 nitrogen and oxygen atoms in total. The average molecular weight is 247 g/mol. The van der Waals surface area contributed by atoms with Gasteiger partial charge < -0.3 is 0 Å². The molecule has 1 atom stereocenters. The van der Waals surface area contributed by atoms with Gasteiger partial charge in [0, 0.05) is 32.0 Å². The quantitative estimate of drug-likeness (QED) is 0.617. The second-order valence-electron chi connectivity index (χ2n) is 4.29. The third kappa shape index (κ3) is 1.93. The molecular formula is C13H15SiTi. The normalized spacial score (nSPS) is 18.9.